The van der Waals surface area contributed by atoms with E-state index < -0.39 is 4.92 Å². The van der Waals surface area contributed by atoms with Gasteiger partial charge < -0.3 is 4.74 Å². The molecule has 1 aromatic heterocycles. The van der Waals surface area contributed by atoms with Crippen LogP contribution >= 0.6 is 0 Å². The number of rotatable bonds is 9. The third-order valence-electron chi connectivity index (χ3n) is 5.03. The van der Waals surface area contributed by atoms with Crippen molar-refractivity contribution in [2.75, 3.05) is 6.61 Å². The van der Waals surface area contributed by atoms with Crippen molar-refractivity contribution in [3.05, 3.63) is 56.3 Å². The molecular formula is C23H31N3O4. The van der Waals surface area contributed by atoms with Crippen LogP contribution < -0.4 is 4.74 Å². The van der Waals surface area contributed by atoms with E-state index in [9.17, 15) is 14.9 Å². The summed E-state index contributed by atoms with van der Waals surface area (Å²) in [5.74, 6) is 0.546. The van der Waals surface area contributed by atoms with Gasteiger partial charge in [-0.1, -0.05) is 26.3 Å². The maximum absolute atomic E-state index is 13.5. The number of benzene rings is 1. The Morgan fingerprint density at radius 3 is 2.43 bits per heavy atom. The van der Waals surface area contributed by atoms with Crippen LogP contribution in [0.5, 0.6) is 5.88 Å². The summed E-state index contributed by atoms with van der Waals surface area (Å²) < 4.78 is 7.60. The highest BCUT2D eigenvalue weighted by atomic mass is 16.6. The van der Waals surface area contributed by atoms with Gasteiger partial charge >= 0.3 is 0 Å². The summed E-state index contributed by atoms with van der Waals surface area (Å²) in [6.07, 6.45) is 2.34. The molecule has 0 spiro atoms. The molecular weight excluding hydrogens is 382 g/mol. The normalized spacial score (nSPS) is 10.9. The number of carbonyl (C=O) groups excluding carboxylic acids is 1. The Morgan fingerprint density at radius 1 is 1.23 bits per heavy atom. The molecule has 0 amide bonds. The van der Waals surface area contributed by atoms with Crippen molar-refractivity contribution in [1.82, 2.24) is 9.78 Å². The van der Waals surface area contributed by atoms with E-state index in [-0.39, 0.29) is 11.5 Å². The van der Waals surface area contributed by atoms with Crippen LogP contribution in [0.4, 0.5) is 5.69 Å². The van der Waals surface area contributed by atoms with Crippen LogP contribution in [-0.2, 0) is 6.54 Å². The highest BCUT2D eigenvalue weighted by Crippen LogP contribution is 2.34. The van der Waals surface area contributed by atoms with E-state index in [2.05, 4.69) is 18.9 Å². The van der Waals surface area contributed by atoms with E-state index in [1.807, 2.05) is 27.7 Å². The molecule has 30 heavy (non-hydrogen) atoms. The zero-order chi connectivity index (χ0) is 22.6. The predicted molar refractivity (Wildman–Crippen MR) is 118 cm³/mol. The summed E-state index contributed by atoms with van der Waals surface area (Å²) in [5, 5.41) is 16.0. The number of aromatic nitrogens is 2. The standard InChI is InChI=1S/C23H31N3O4/c1-8-11-30-23-19(12-24-25(23)13-14(2)3)22(27)18-9-10-20(26(28)29)21(17(18)7)16(6)15(4)5/h9-10,12,14H,8,11,13H2,1-7H3. The third kappa shape index (κ3) is 4.78. The lowest BCUT2D eigenvalue weighted by Crippen LogP contribution is -2.13. The number of ether oxygens (including phenoxy) is 1. The Labute approximate surface area is 177 Å². The molecule has 1 heterocycles. The molecule has 0 atom stereocenters. The molecule has 7 nitrogen and oxygen atoms in total. The molecule has 0 saturated carbocycles. The van der Waals surface area contributed by atoms with Gasteiger partial charge in [0.15, 0.2) is 5.78 Å². The second-order valence-corrected chi connectivity index (χ2v) is 8.13. The van der Waals surface area contributed by atoms with E-state index in [1.165, 1.54) is 18.3 Å². The lowest BCUT2D eigenvalue weighted by Gasteiger charge is -2.15. The predicted octanol–water partition coefficient (Wildman–Crippen LogP) is 5.59. The van der Waals surface area contributed by atoms with Crippen molar-refractivity contribution >= 4 is 17.0 Å². The zero-order valence-electron chi connectivity index (χ0n) is 18.9. The van der Waals surface area contributed by atoms with Crippen molar-refractivity contribution in [3.8, 4) is 5.88 Å². The molecule has 0 bridgehead atoms. The molecule has 1 aromatic carbocycles. The lowest BCUT2D eigenvalue weighted by atomic mass is 9.90. The van der Waals surface area contributed by atoms with E-state index in [0.29, 0.717) is 47.2 Å². The Balaban J connectivity index is 2.64. The molecule has 0 aliphatic rings. The number of carbonyl (C=O) groups is 1. The van der Waals surface area contributed by atoms with Crippen LogP contribution in [0.25, 0.3) is 5.57 Å². The highest BCUT2D eigenvalue weighted by Gasteiger charge is 2.27. The van der Waals surface area contributed by atoms with Crippen LogP contribution in [0.3, 0.4) is 0 Å². The first-order valence-corrected chi connectivity index (χ1v) is 10.3. The van der Waals surface area contributed by atoms with Crippen LogP contribution in [0.1, 0.15) is 75.0 Å². The molecule has 0 radical (unpaired) electrons. The van der Waals surface area contributed by atoms with Gasteiger partial charge in [0.1, 0.15) is 5.56 Å². The van der Waals surface area contributed by atoms with E-state index in [0.717, 1.165) is 17.6 Å². The van der Waals surface area contributed by atoms with Gasteiger partial charge in [0.25, 0.3) is 5.69 Å². The summed E-state index contributed by atoms with van der Waals surface area (Å²) in [5.41, 5.74) is 3.64. The Bertz CT molecular complexity index is 983. The maximum Gasteiger partial charge on any atom is 0.277 e. The van der Waals surface area contributed by atoms with E-state index in [4.69, 9.17) is 4.74 Å². The molecule has 0 unspecified atom stereocenters. The SMILES string of the molecule is CCCOc1c(C(=O)c2ccc([N+](=O)[O-])c(C(C)=C(C)C)c2C)cnn1CC(C)C. The monoisotopic (exact) mass is 413 g/mol. The van der Waals surface area contributed by atoms with Crippen LogP contribution in [-0.4, -0.2) is 27.1 Å². The smallest absolute Gasteiger partial charge is 0.277 e. The second kappa shape index (κ2) is 9.69. The number of ketones is 1. The summed E-state index contributed by atoms with van der Waals surface area (Å²) in [7, 11) is 0. The Hall–Kier alpha value is -2.96. The largest absolute Gasteiger partial charge is 0.477 e. The van der Waals surface area contributed by atoms with Gasteiger partial charge in [-0.05, 0) is 57.2 Å². The van der Waals surface area contributed by atoms with Crippen molar-refractivity contribution in [1.29, 1.82) is 0 Å². The fourth-order valence-corrected chi connectivity index (χ4v) is 3.32. The van der Waals surface area contributed by atoms with Crippen molar-refractivity contribution < 1.29 is 14.5 Å². The highest BCUT2D eigenvalue weighted by molar-refractivity contribution is 6.12. The summed E-state index contributed by atoms with van der Waals surface area (Å²) in [6.45, 7) is 14.7. The van der Waals surface area contributed by atoms with Crippen LogP contribution in [0.2, 0.25) is 0 Å². The maximum atomic E-state index is 13.5. The third-order valence-corrected chi connectivity index (χ3v) is 5.03. The van der Waals surface area contributed by atoms with Crippen molar-refractivity contribution in [3.63, 3.8) is 0 Å². The average Bonchev–Trinajstić information content (AvgIpc) is 3.06. The number of nitro groups is 1. The van der Waals surface area contributed by atoms with Gasteiger partial charge in [-0.25, -0.2) is 4.68 Å². The number of allylic oxidation sites excluding steroid dienone is 2. The quantitative estimate of drug-likeness (QED) is 0.304. The van der Waals surface area contributed by atoms with Crippen LogP contribution in [0.15, 0.2) is 23.9 Å². The zero-order valence-corrected chi connectivity index (χ0v) is 18.9. The lowest BCUT2D eigenvalue weighted by molar-refractivity contribution is -0.385. The van der Waals surface area contributed by atoms with Gasteiger partial charge in [0.2, 0.25) is 5.88 Å². The molecule has 162 valence electrons. The van der Waals surface area contributed by atoms with Gasteiger partial charge in [-0.3, -0.25) is 14.9 Å². The van der Waals surface area contributed by atoms with Crippen molar-refractivity contribution in [2.45, 2.75) is 61.4 Å². The summed E-state index contributed by atoms with van der Waals surface area (Å²) in [6, 6.07) is 2.94. The van der Waals surface area contributed by atoms with Gasteiger partial charge in [0, 0.05) is 18.2 Å². The van der Waals surface area contributed by atoms with Gasteiger partial charge in [-0.2, -0.15) is 5.10 Å². The van der Waals surface area contributed by atoms with E-state index >= 15 is 0 Å². The number of hydrogen-bond donors (Lipinski definition) is 0. The first-order chi connectivity index (χ1) is 14.1. The first-order valence-electron chi connectivity index (χ1n) is 10.3. The molecule has 2 aromatic rings. The molecule has 0 N–H and O–H groups in total. The molecule has 0 aliphatic carbocycles. The number of nitrogens with zero attached hydrogens (tertiary/aromatic N) is 3. The fraction of sp³-hybridized carbons (Fsp3) is 0.478. The summed E-state index contributed by atoms with van der Waals surface area (Å²) >= 11 is 0. The van der Waals surface area contributed by atoms with Gasteiger partial charge in [-0.15, -0.1) is 0 Å². The van der Waals surface area contributed by atoms with Crippen LogP contribution in [0, 0.1) is 23.0 Å². The summed E-state index contributed by atoms with van der Waals surface area (Å²) in [4.78, 5) is 24.6. The molecule has 0 fully saturated rings. The molecule has 7 heteroatoms. The first kappa shape index (κ1) is 23.3. The van der Waals surface area contributed by atoms with Gasteiger partial charge in [0.05, 0.1) is 23.3 Å². The Morgan fingerprint density at radius 2 is 1.90 bits per heavy atom. The average molecular weight is 414 g/mol. The van der Waals surface area contributed by atoms with Crippen molar-refractivity contribution in [2.24, 2.45) is 5.92 Å². The topological polar surface area (TPSA) is 87.3 Å². The molecule has 2 rings (SSSR count). The minimum atomic E-state index is -0.403. The Kier molecular flexibility index (Phi) is 7.54. The fourth-order valence-electron chi connectivity index (χ4n) is 3.32. The van der Waals surface area contributed by atoms with E-state index in [1.54, 1.807) is 11.6 Å². The number of nitro benzene ring substituents is 1. The second-order valence-electron chi connectivity index (χ2n) is 8.13. The minimum absolute atomic E-state index is 0.000657. The minimum Gasteiger partial charge on any atom is -0.477 e. The molecule has 0 saturated heterocycles. The molecule has 0 aliphatic heterocycles. The number of hydrogen-bond acceptors (Lipinski definition) is 5.